The van der Waals surface area contributed by atoms with Crippen molar-refractivity contribution < 1.29 is 14.3 Å². The van der Waals surface area contributed by atoms with Crippen LogP contribution in [0.1, 0.15) is 6.92 Å². The van der Waals surface area contributed by atoms with E-state index in [1.807, 2.05) is 0 Å². The summed E-state index contributed by atoms with van der Waals surface area (Å²) in [7, 11) is 0. The first kappa shape index (κ1) is 13.2. The monoisotopic (exact) mass is 254 g/mol. The highest BCUT2D eigenvalue weighted by atomic mass is 35.5. The van der Waals surface area contributed by atoms with Gasteiger partial charge in [0, 0.05) is 0 Å². The van der Waals surface area contributed by atoms with E-state index < -0.39 is 5.97 Å². The van der Waals surface area contributed by atoms with Crippen LogP contribution < -0.4 is 5.43 Å². The molecule has 0 bridgehead atoms. The number of nitrogens with zero attached hydrogens (tertiary/aromatic N) is 1. The molecule has 1 rings (SSSR count). The van der Waals surface area contributed by atoms with E-state index in [4.69, 9.17) is 11.6 Å². The summed E-state index contributed by atoms with van der Waals surface area (Å²) in [6.07, 6.45) is 0.321. The van der Waals surface area contributed by atoms with Crippen molar-refractivity contribution in [1.29, 1.82) is 0 Å². The Balaban J connectivity index is 2.78. The Morgan fingerprint density at radius 2 is 2.24 bits per heavy atom. The summed E-state index contributed by atoms with van der Waals surface area (Å²) in [5.41, 5.74) is 2.68. The van der Waals surface area contributed by atoms with Gasteiger partial charge in [0.05, 0.1) is 17.3 Å². The maximum Gasteiger partial charge on any atom is 0.362 e. The first-order valence-electron chi connectivity index (χ1n) is 4.89. The summed E-state index contributed by atoms with van der Waals surface area (Å²) in [5.74, 6) is -0.776. The second-order valence-electron chi connectivity index (χ2n) is 2.93. The zero-order valence-corrected chi connectivity index (χ0v) is 9.90. The molecule has 0 aliphatic carbocycles. The van der Waals surface area contributed by atoms with Crippen LogP contribution in [0.15, 0.2) is 29.4 Å². The lowest BCUT2D eigenvalue weighted by molar-refractivity contribution is -0.135. The van der Waals surface area contributed by atoms with Gasteiger partial charge >= 0.3 is 5.97 Å². The van der Waals surface area contributed by atoms with Gasteiger partial charge in [0.15, 0.2) is 6.29 Å². The molecule has 0 heterocycles. The molecule has 0 aliphatic heterocycles. The average Bonchev–Trinajstić information content (AvgIpc) is 2.32. The lowest BCUT2D eigenvalue weighted by atomic mass is 10.3. The average molecular weight is 255 g/mol. The molecular formula is C11H11ClN2O3. The van der Waals surface area contributed by atoms with Gasteiger partial charge < -0.3 is 4.74 Å². The number of nitrogens with one attached hydrogen (secondary N) is 1. The number of benzene rings is 1. The Hall–Kier alpha value is -1.88. The number of para-hydroxylation sites is 1. The molecule has 6 heteroatoms. The van der Waals surface area contributed by atoms with Crippen molar-refractivity contribution in [3.8, 4) is 0 Å². The van der Waals surface area contributed by atoms with E-state index in [2.05, 4.69) is 15.3 Å². The minimum Gasteiger partial charge on any atom is -0.461 e. The second kappa shape index (κ2) is 6.65. The molecule has 0 aliphatic rings. The largest absolute Gasteiger partial charge is 0.461 e. The first-order valence-corrected chi connectivity index (χ1v) is 5.27. The van der Waals surface area contributed by atoms with Gasteiger partial charge in [0.1, 0.15) is 0 Å². The van der Waals surface area contributed by atoms with Crippen LogP contribution in [0.5, 0.6) is 0 Å². The van der Waals surface area contributed by atoms with Gasteiger partial charge in [-0.05, 0) is 19.1 Å². The van der Waals surface area contributed by atoms with Gasteiger partial charge in [-0.15, -0.1) is 0 Å². The third-order valence-electron chi connectivity index (χ3n) is 1.77. The number of hydrogen-bond donors (Lipinski definition) is 1. The number of aldehydes is 1. The molecule has 0 unspecified atom stereocenters. The molecule has 0 radical (unpaired) electrons. The van der Waals surface area contributed by atoms with Crippen LogP contribution in [0.2, 0.25) is 5.02 Å². The normalized spacial score (nSPS) is 10.8. The first-order chi connectivity index (χ1) is 8.19. The van der Waals surface area contributed by atoms with Crippen molar-refractivity contribution in [1.82, 2.24) is 0 Å². The van der Waals surface area contributed by atoms with E-state index in [0.29, 0.717) is 17.0 Å². The number of halogens is 1. The molecule has 17 heavy (non-hydrogen) atoms. The Labute approximate surface area is 103 Å². The van der Waals surface area contributed by atoms with Crippen molar-refractivity contribution in [2.45, 2.75) is 6.92 Å². The molecule has 0 fully saturated rings. The predicted molar refractivity (Wildman–Crippen MR) is 65.2 cm³/mol. The number of esters is 1. The molecular weight excluding hydrogens is 244 g/mol. The standard InChI is InChI=1S/C11H11ClN2O3/c1-2-17-11(16)10(7-15)14-13-9-6-4-3-5-8(9)12/h3-7,13H,2H2,1H3/b14-10+. The highest BCUT2D eigenvalue weighted by Gasteiger charge is 2.11. The number of carbonyl (C=O) groups is 2. The van der Waals surface area contributed by atoms with Gasteiger partial charge in [-0.1, -0.05) is 23.7 Å². The van der Waals surface area contributed by atoms with E-state index in [9.17, 15) is 9.59 Å². The van der Waals surface area contributed by atoms with Gasteiger partial charge in [0.25, 0.3) is 0 Å². The zero-order chi connectivity index (χ0) is 12.7. The van der Waals surface area contributed by atoms with E-state index in [-0.39, 0.29) is 12.3 Å². The summed E-state index contributed by atoms with van der Waals surface area (Å²) in [5, 5.41) is 4.07. The predicted octanol–water partition coefficient (Wildman–Crippen LogP) is 1.87. The van der Waals surface area contributed by atoms with Crippen molar-refractivity contribution in [3.05, 3.63) is 29.3 Å². The maximum absolute atomic E-state index is 11.2. The van der Waals surface area contributed by atoms with E-state index in [1.54, 1.807) is 31.2 Å². The summed E-state index contributed by atoms with van der Waals surface area (Å²) in [4.78, 5) is 21.8. The van der Waals surface area contributed by atoms with E-state index >= 15 is 0 Å². The fourth-order valence-electron chi connectivity index (χ4n) is 0.997. The highest BCUT2D eigenvalue weighted by molar-refractivity contribution is 6.58. The van der Waals surface area contributed by atoms with Crippen molar-refractivity contribution in [2.24, 2.45) is 5.10 Å². The lowest BCUT2D eigenvalue weighted by Gasteiger charge is -2.03. The number of carbonyl (C=O) groups excluding carboxylic acids is 2. The maximum atomic E-state index is 11.2. The quantitative estimate of drug-likeness (QED) is 0.286. The lowest BCUT2D eigenvalue weighted by Crippen LogP contribution is -2.20. The summed E-state index contributed by atoms with van der Waals surface area (Å²) in [6, 6.07) is 6.82. The minimum absolute atomic E-state index is 0.178. The van der Waals surface area contributed by atoms with Gasteiger partial charge in [0.2, 0.25) is 5.71 Å². The molecule has 0 atom stereocenters. The molecule has 0 saturated heterocycles. The topological polar surface area (TPSA) is 67.8 Å². The van der Waals surface area contributed by atoms with Crippen LogP contribution in [0.3, 0.4) is 0 Å². The minimum atomic E-state index is -0.776. The number of rotatable bonds is 5. The summed E-state index contributed by atoms with van der Waals surface area (Å²) >= 11 is 5.86. The molecule has 5 nitrogen and oxygen atoms in total. The second-order valence-corrected chi connectivity index (χ2v) is 3.33. The number of ether oxygens (including phenoxy) is 1. The van der Waals surface area contributed by atoms with Crippen molar-refractivity contribution in [3.63, 3.8) is 0 Å². The Morgan fingerprint density at radius 1 is 1.53 bits per heavy atom. The third kappa shape index (κ3) is 3.88. The molecule has 0 spiro atoms. The van der Waals surface area contributed by atoms with Gasteiger partial charge in [-0.2, -0.15) is 5.10 Å². The highest BCUT2D eigenvalue weighted by Crippen LogP contribution is 2.20. The zero-order valence-electron chi connectivity index (χ0n) is 9.14. The summed E-state index contributed by atoms with van der Waals surface area (Å²) < 4.78 is 4.64. The molecule has 0 aromatic heterocycles. The number of hydrogen-bond acceptors (Lipinski definition) is 5. The fourth-order valence-corrected chi connectivity index (χ4v) is 1.18. The van der Waals surface area contributed by atoms with Crippen LogP contribution in [-0.2, 0) is 14.3 Å². The van der Waals surface area contributed by atoms with Crippen LogP contribution in [-0.4, -0.2) is 24.6 Å². The SMILES string of the molecule is CCOC(=O)/C(C=O)=N/Nc1ccccc1Cl. The van der Waals surface area contributed by atoms with Gasteiger partial charge in [-0.25, -0.2) is 4.79 Å². The van der Waals surface area contributed by atoms with Crippen LogP contribution in [0.25, 0.3) is 0 Å². The van der Waals surface area contributed by atoms with Gasteiger partial charge in [-0.3, -0.25) is 10.2 Å². The molecule has 1 aromatic rings. The molecule has 90 valence electrons. The van der Waals surface area contributed by atoms with Crippen LogP contribution in [0.4, 0.5) is 5.69 Å². The third-order valence-corrected chi connectivity index (χ3v) is 2.10. The Bertz CT molecular complexity index is 446. The Morgan fingerprint density at radius 3 is 2.82 bits per heavy atom. The van der Waals surface area contributed by atoms with Crippen molar-refractivity contribution in [2.75, 3.05) is 12.0 Å². The van der Waals surface area contributed by atoms with E-state index in [0.717, 1.165) is 0 Å². The summed E-state index contributed by atoms with van der Waals surface area (Å²) in [6.45, 7) is 1.82. The Kier molecular flexibility index (Phi) is 5.16. The van der Waals surface area contributed by atoms with Crippen LogP contribution >= 0.6 is 11.6 Å². The molecule has 0 saturated carbocycles. The number of hydrazone groups is 1. The fraction of sp³-hybridized carbons (Fsp3) is 0.182. The molecule has 0 amide bonds. The smallest absolute Gasteiger partial charge is 0.362 e. The van der Waals surface area contributed by atoms with Crippen LogP contribution in [0, 0.1) is 0 Å². The molecule has 1 aromatic carbocycles. The molecule has 1 N–H and O–H groups in total. The number of anilines is 1. The van der Waals surface area contributed by atoms with E-state index in [1.165, 1.54) is 0 Å². The van der Waals surface area contributed by atoms with Crippen molar-refractivity contribution >= 4 is 35.3 Å².